The van der Waals surface area contributed by atoms with Gasteiger partial charge in [0.25, 0.3) is 0 Å². The Hall–Kier alpha value is -1.88. The van der Waals surface area contributed by atoms with Gasteiger partial charge in [0.15, 0.2) is 0 Å². The lowest BCUT2D eigenvalue weighted by molar-refractivity contribution is -0.0505. The Balaban J connectivity index is 1.90. The molecule has 0 aliphatic carbocycles. The molecule has 0 bridgehead atoms. The van der Waals surface area contributed by atoms with Crippen LogP contribution in [0.5, 0.6) is 5.75 Å². The first kappa shape index (κ1) is 14.5. The molecular weight excluding hydrogens is 262 g/mol. The molecule has 0 saturated heterocycles. The molecule has 3 nitrogen and oxygen atoms in total. The van der Waals surface area contributed by atoms with Gasteiger partial charge in [-0.25, -0.2) is 0 Å². The Labute approximate surface area is 117 Å². The van der Waals surface area contributed by atoms with Crippen LogP contribution in [0.3, 0.4) is 0 Å². The first-order chi connectivity index (χ1) is 9.69. The molecule has 1 aromatic carbocycles. The second-order valence-corrected chi connectivity index (χ2v) is 4.44. The van der Waals surface area contributed by atoms with Crippen molar-refractivity contribution < 1.29 is 13.5 Å². The van der Waals surface area contributed by atoms with E-state index in [1.54, 1.807) is 18.2 Å². The number of aryl methyl sites for hydroxylation is 1. The molecule has 0 atom stereocenters. The lowest BCUT2D eigenvalue weighted by atomic mass is 10.2. The van der Waals surface area contributed by atoms with E-state index in [4.69, 9.17) is 0 Å². The van der Waals surface area contributed by atoms with E-state index in [2.05, 4.69) is 27.7 Å². The molecular formula is C15H18F2N2O. The lowest BCUT2D eigenvalue weighted by Crippen LogP contribution is -2.14. The summed E-state index contributed by atoms with van der Waals surface area (Å²) in [5, 5.41) is 3.23. The molecule has 0 spiro atoms. The molecule has 2 rings (SSSR count). The predicted octanol–water partition coefficient (Wildman–Crippen LogP) is 3.40. The molecule has 108 valence electrons. The Morgan fingerprint density at radius 1 is 1.20 bits per heavy atom. The number of para-hydroxylation sites is 1. The van der Waals surface area contributed by atoms with Gasteiger partial charge >= 0.3 is 6.61 Å². The Morgan fingerprint density at radius 2 is 2.00 bits per heavy atom. The van der Waals surface area contributed by atoms with E-state index in [0.717, 1.165) is 12.1 Å². The number of halogens is 2. The average Bonchev–Trinajstić information content (AvgIpc) is 2.88. The van der Waals surface area contributed by atoms with E-state index in [1.807, 2.05) is 18.3 Å². The van der Waals surface area contributed by atoms with E-state index in [9.17, 15) is 8.78 Å². The van der Waals surface area contributed by atoms with Crippen molar-refractivity contribution in [2.75, 3.05) is 0 Å². The van der Waals surface area contributed by atoms with Gasteiger partial charge in [-0.3, -0.25) is 0 Å². The highest BCUT2D eigenvalue weighted by Gasteiger charge is 2.08. The second kappa shape index (κ2) is 7.05. The van der Waals surface area contributed by atoms with Gasteiger partial charge in [0, 0.05) is 37.6 Å². The highest BCUT2D eigenvalue weighted by molar-refractivity contribution is 5.33. The summed E-state index contributed by atoms with van der Waals surface area (Å²) in [6.07, 6.45) is 4.08. The van der Waals surface area contributed by atoms with E-state index in [1.165, 1.54) is 5.56 Å². The fourth-order valence-corrected chi connectivity index (χ4v) is 1.99. The third kappa shape index (κ3) is 4.06. The normalized spacial score (nSPS) is 11.0. The number of ether oxygens (including phenoxy) is 1. The Bertz CT molecular complexity index is 540. The zero-order chi connectivity index (χ0) is 14.4. The number of alkyl halides is 2. The van der Waals surface area contributed by atoms with Crippen LogP contribution < -0.4 is 10.1 Å². The van der Waals surface area contributed by atoms with Gasteiger partial charge in [0.05, 0.1) is 0 Å². The van der Waals surface area contributed by atoms with Crippen molar-refractivity contribution in [2.45, 2.75) is 33.2 Å². The summed E-state index contributed by atoms with van der Waals surface area (Å²) < 4.78 is 31.1. The molecule has 0 aliphatic rings. The molecule has 20 heavy (non-hydrogen) atoms. The summed E-state index contributed by atoms with van der Waals surface area (Å²) in [6, 6.07) is 8.86. The number of aromatic nitrogens is 1. The molecule has 0 amide bonds. The van der Waals surface area contributed by atoms with Crippen LogP contribution in [-0.2, 0) is 19.6 Å². The molecule has 1 N–H and O–H groups in total. The Morgan fingerprint density at radius 3 is 2.70 bits per heavy atom. The molecule has 2 aromatic rings. The number of nitrogens with one attached hydrogen (secondary N) is 1. The maximum absolute atomic E-state index is 12.3. The minimum absolute atomic E-state index is 0.223. The lowest BCUT2D eigenvalue weighted by Gasteiger charge is -2.11. The first-order valence-electron chi connectivity index (χ1n) is 6.57. The minimum Gasteiger partial charge on any atom is -0.434 e. The van der Waals surface area contributed by atoms with Crippen LogP contribution in [0.1, 0.15) is 18.1 Å². The van der Waals surface area contributed by atoms with Crippen LogP contribution in [0.25, 0.3) is 0 Å². The van der Waals surface area contributed by atoms with Crippen LogP contribution in [0, 0.1) is 0 Å². The maximum Gasteiger partial charge on any atom is 0.387 e. The SMILES string of the molecule is CCn1ccc(CNCc2ccccc2OC(F)F)c1. The standard InChI is InChI=1S/C15H18F2N2O/c1-2-19-8-7-12(11-19)9-18-10-13-5-3-4-6-14(13)20-15(16)17/h3-8,11,15,18H,2,9-10H2,1H3. The molecule has 5 heteroatoms. The van der Waals surface area contributed by atoms with Crippen LogP contribution in [0.4, 0.5) is 8.78 Å². The summed E-state index contributed by atoms with van der Waals surface area (Å²) in [6.45, 7) is 1.39. The van der Waals surface area contributed by atoms with Crippen LogP contribution >= 0.6 is 0 Å². The quantitative estimate of drug-likeness (QED) is 0.841. The number of rotatable bonds is 7. The zero-order valence-corrected chi connectivity index (χ0v) is 11.4. The highest BCUT2D eigenvalue weighted by Crippen LogP contribution is 2.20. The van der Waals surface area contributed by atoms with E-state index < -0.39 is 6.61 Å². The maximum atomic E-state index is 12.3. The summed E-state index contributed by atoms with van der Waals surface area (Å²) >= 11 is 0. The second-order valence-electron chi connectivity index (χ2n) is 4.44. The summed E-state index contributed by atoms with van der Waals surface area (Å²) in [5.74, 6) is 0.223. The van der Waals surface area contributed by atoms with Gasteiger partial charge in [0.2, 0.25) is 0 Å². The van der Waals surface area contributed by atoms with Crippen molar-refractivity contribution >= 4 is 0 Å². The third-order valence-electron chi connectivity index (χ3n) is 3.01. The molecule has 0 radical (unpaired) electrons. The smallest absolute Gasteiger partial charge is 0.387 e. The van der Waals surface area contributed by atoms with Crippen molar-refractivity contribution in [3.63, 3.8) is 0 Å². The van der Waals surface area contributed by atoms with Crippen molar-refractivity contribution in [1.82, 2.24) is 9.88 Å². The van der Waals surface area contributed by atoms with Crippen LogP contribution in [0.15, 0.2) is 42.7 Å². The largest absolute Gasteiger partial charge is 0.434 e. The van der Waals surface area contributed by atoms with Gasteiger partial charge in [-0.05, 0) is 24.6 Å². The van der Waals surface area contributed by atoms with E-state index in [0.29, 0.717) is 13.1 Å². The third-order valence-corrected chi connectivity index (χ3v) is 3.01. The molecule has 0 saturated carbocycles. The molecule has 0 aliphatic heterocycles. The van der Waals surface area contributed by atoms with Gasteiger partial charge in [-0.2, -0.15) is 8.78 Å². The first-order valence-corrected chi connectivity index (χ1v) is 6.57. The average molecular weight is 280 g/mol. The van der Waals surface area contributed by atoms with Crippen molar-refractivity contribution in [3.8, 4) is 5.75 Å². The molecule has 0 fully saturated rings. The van der Waals surface area contributed by atoms with Gasteiger partial charge in [-0.1, -0.05) is 18.2 Å². The number of benzene rings is 1. The zero-order valence-electron chi connectivity index (χ0n) is 11.4. The van der Waals surface area contributed by atoms with Crippen molar-refractivity contribution in [1.29, 1.82) is 0 Å². The Kier molecular flexibility index (Phi) is 5.12. The van der Waals surface area contributed by atoms with E-state index >= 15 is 0 Å². The summed E-state index contributed by atoms with van der Waals surface area (Å²) in [5.41, 5.74) is 1.89. The van der Waals surface area contributed by atoms with Crippen molar-refractivity contribution in [2.24, 2.45) is 0 Å². The van der Waals surface area contributed by atoms with Gasteiger partial charge < -0.3 is 14.6 Å². The topological polar surface area (TPSA) is 26.2 Å². The number of hydrogen-bond acceptors (Lipinski definition) is 2. The predicted molar refractivity (Wildman–Crippen MR) is 73.7 cm³/mol. The van der Waals surface area contributed by atoms with Crippen LogP contribution in [0.2, 0.25) is 0 Å². The fourth-order valence-electron chi connectivity index (χ4n) is 1.99. The van der Waals surface area contributed by atoms with Gasteiger partial charge in [0.1, 0.15) is 5.75 Å². The number of hydrogen-bond donors (Lipinski definition) is 1. The number of nitrogens with zero attached hydrogens (tertiary/aromatic N) is 1. The van der Waals surface area contributed by atoms with Gasteiger partial charge in [-0.15, -0.1) is 0 Å². The van der Waals surface area contributed by atoms with Crippen LogP contribution in [-0.4, -0.2) is 11.2 Å². The monoisotopic (exact) mass is 280 g/mol. The molecule has 1 heterocycles. The molecule has 0 unspecified atom stereocenters. The highest BCUT2D eigenvalue weighted by atomic mass is 19.3. The van der Waals surface area contributed by atoms with E-state index in [-0.39, 0.29) is 5.75 Å². The minimum atomic E-state index is -2.80. The van der Waals surface area contributed by atoms with Crippen molar-refractivity contribution in [3.05, 3.63) is 53.9 Å². The summed E-state index contributed by atoms with van der Waals surface area (Å²) in [7, 11) is 0. The molecule has 1 aromatic heterocycles. The summed E-state index contributed by atoms with van der Waals surface area (Å²) in [4.78, 5) is 0. The fraction of sp³-hybridized carbons (Fsp3) is 0.333.